The van der Waals surface area contributed by atoms with E-state index in [-0.39, 0.29) is 11.9 Å². The molecular weight excluding hydrogens is 196 g/mol. The van der Waals surface area contributed by atoms with E-state index in [1.165, 1.54) is 7.11 Å². The fourth-order valence-corrected chi connectivity index (χ4v) is 1.55. The number of nitrogens with one attached hydrogen (secondary N) is 1. The van der Waals surface area contributed by atoms with Crippen molar-refractivity contribution in [2.75, 3.05) is 33.3 Å². The molecule has 0 aliphatic carbocycles. The third-order valence-electron chi connectivity index (χ3n) is 2.57. The lowest BCUT2D eigenvalue weighted by Crippen LogP contribution is -2.52. The molecule has 0 unspecified atom stereocenters. The second-order valence-electron chi connectivity index (χ2n) is 3.82. The molecule has 1 saturated heterocycles. The molecule has 1 rings (SSSR count). The summed E-state index contributed by atoms with van der Waals surface area (Å²) in [7, 11) is 1.39. The van der Waals surface area contributed by atoms with Crippen LogP contribution >= 0.6 is 0 Å². The summed E-state index contributed by atoms with van der Waals surface area (Å²) in [4.78, 5) is 23.5. The highest BCUT2D eigenvalue weighted by Gasteiger charge is 2.27. The van der Waals surface area contributed by atoms with Gasteiger partial charge in [-0.15, -0.1) is 0 Å². The van der Waals surface area contributed by atoms with Gasteiger partial charge in [0, 0.05) is 39.0 Å². The zero-order chi connectivity index (χ0) is 11.3. The van der Waals surface area contributed by atoms with E-state index >= 15 is 0 Å². The van der Waals surface area contributed by atoms with E-state index in [4.69, 9.17) is 0 Å². The highest BCUT2D eigenvalue weighted by atomic mass is 16.5. The van der Waals surface area contributed by atoms with E-state index in [0.29, 0.717) is 18.9 Å². The topological polar surface area (TPSA) is 58.6 Å². The van der Waals surface area contributed by atoms with Crippen molar-refractivity contribution in [3.8, 4) is 0 Å². The summed E-state index contributed by atoms with van der Waals surface area (Å²) in [5.41, 5.74) is 0. The van der Waals surface area contributed by atoms with Gasteiger partial charge in [-0.25, -0.2) is 0 Å². The van der Waals surface area contributed by atoms with Gasteiger partial charge in [0.2, 0.25) is 5.91 Å². The summed E-state index contributed by atoms with van der Waals surface area (Å²) < 4.78 is 4.51. The maximum Gasteiger partial charge on any atom is 0.306 e. The van der Waals surface area contributed by atoms with Crippen molar-refractivity contribution in [3.05, 3.63) is 0 Å². The molecule has 1 aliphatic rings. The van der Waals surface area contributed by atoms with Crippen molar-refractivity contribution >= 4 is 11.9 Å². The van der Waals surface area contributed by atoms with E-state index in [2.05, 4.69) is 10.1 Å². The minimum absolute atomic E-state index is 0.140. The first-order valence-electron chi connectivity index (χ1n) is 5.16. The van der Waals surface area contributed by atoms with Gasteiger partial charge in [0.05, 0.1) is 13.5 Å². The number of ether oxygens (including phenoxy) is 1. The van der Waals surface area contributed by atoms with Gasteiger partial charge in [-0.05, 0) is 0 Å². The van der Waals surface area contributed by atoms with Gasteiger partial charge in [0.1, 0.15) is 0 Å². The van der Waals surface area contributed by atoms with Crippen molar-refractivity contribution in [2.45, 2.75) is 13.3 Å². The maximum absolute atomic E-state index is 10.9. The van der Waals surface area contributed by atoms with Gasteiger partial charge in [0.25, 0.3) is 0 Å². The van der Waals surface area contributed by atoms with Crippen LogP contribution in [-0.2, 0) is 14.3 Å². The molecule has 0 radical (unpaired) electrons. The van der Waals surface area contributed by atoms with Gasteiger partial charge in [-0.2, -0.15) is 0 Å². The predicted octanol–water partition coefficient (Wildman–Crippen LogP) is -0.383. The lowest BCUT2D eigenvalue weighted by molar-refractivity contribution is -0.140. The van der Waals surface area contributed by atoms with Crippen LogP contribution in [0.1, 0.15) is 13.3 Å². The summed E-state index contributed by atoms with van der Waals surface area (Å²) in [6, 6.07) is 0. The molecule has 1 amide bonds. The first kappa shape index (κ1) is 12.0. The summed E-state index contributed by atoms with van der Waals surface area (Å²) in [5, 5.41) is 3.17. The number of hydrogen-bond acceptors (Lipinski definition) is 4. The Morgan fingerprint density at radius 3 is 2.67 bits per heavy atom. The molecule has 1 fully saturated rings. The Kier molecular flexibility index (Phi) is 4.55. The van der Waals surface area contributed by atoms with Crippen LogP contribution in [0.15, 0.2) is 0 Å². The van der Waals surface area contributed by atoms with Crippen molar-refractivity contribution in [1.82, 2.24) is 10.2 Å². The minimum atomic E-state index is -0.193. The summed E-state index contributed by atoms with van der Waals surface area (Å²) >= 11 is 0. The molecule has 86 valence electrons. The molecule has 0 spiro atoms. The lowest BCUT2D eigenvalue weighted by atomic mass is 10.0. The molecule has 0 saturated carbocycles. The first-order chi connectivity index (χ1) is 7.13. The zero-order valence-corrected chi connectivity index (χ0v) is 9.28. The number of carbonyl (C=O) groups is 2. The number of esters is 1. The Bertz CT molecular complexity index is 237. The number of nitrogens with zero attached hydrogens (tertiary/aromatic N) is 1. The zero-order valence-electron chi connectivity index (χ0n) is 9.28. The van der Waals surface area contributed by atoms with Crippen molar-refractivity contribution in [3.63, 3.8) is 0 Å². The van der Waals surface area contributed by atoms with Crippen molar-refractivity contribution in [2.24, 2.45) is 5.92 Å². The third kappa shape index (κ3) is 3.87. The highest BCUT2D eigenvalue weighted by molar-refractivity contribution is 5.74. The lowest BCUT2D eigenvalue weighted by Gasteiger charge is -2.38. The summed E-state index contributed by atoms with van der Waals surface area (Å²) in [6.07, 6.45) is 0.402. The number of rotatable bonds is 5. The Labute approximate surface area is 89.8 Å². The normalized spacial score (nSPS) is 16.0. The standard InChI is InChI=1S/C10H18N2O3/c1-8(13)12-6-9(7-12)5-11-4-3-10(14)15-2/h9,11H,3-7H2,1-2H3. The molecule has 0 aromatic rings. The van der Waals surface area contributed by atoms with Crippen LogP contribution in [0.25, 0.3) is 0 Å². The quantitative estimate of drug-likeness (QED) is 0.500. The van der Waals surface area contributed by atoms with Gasteiger partial charge in [-0.1, -0.05) is 0 Å². The van der Waals surface area contributed by atoms with Gasteiger partial charge >= 0.3 is 5.97 Å². The number of amides is 1. The Hall–Kier alpha value is -1.10. The second kappa shape index (κ2) is 5.70. The fraction of sp³-hybridized carbons (Fsp3) is 0.800. The van der Waals surface area contributed by atoms with E-state index in [0.717, 1.165) is 19.6 Å². The molecule has 1 aliphatic heterocycles. The third-order valence-corrected chi connectivity index (χ3v) is 2.57. The molecule has 0 atom stereocenters. The monoisotopic (exact) mass is 214 g/mol. The second-order valence-corrected chi connectivity index (χ2v) is 3.82. The Balaban J connectivity index is 1.95. The number of carbonyl (C=O) groups excluding carboxylic acids is 2. The molecule has 1 heterocycles. The Morgan fingerprint density at radius 1 is 1.47 bits per heavy atom. The molecule has 15 heavy (non-hydrogen) atoms. The summed E-state index contributed by atoms with van der Waals surface area (Å²) in [5.74, 6) is 0.480. The Morgan fingerprint density at radius 2 is 2.13 bits per heavy atom. The molecule has 0 aromatic carbocycles. The molecular formula is C10H18N2O3. The van der Waals surface area contributed by atoms with E-state index < -0.39 is 0 Å². The SMILES string of the molecule is COC(=O)CCNCC1CN(C(C)=O)C1. The maximum atomic E-state index is 10.9. The van der Waals surface area contributed by atoms with E-state index in [1.807, 2.05) is 4.90 Å². The van der Waals surface area contributed by atoms with Crippen LogP contribution in [0.3, 0.4) is 0 Å². The molecule has 0 aromatic heterocycles. The van der Waals surface area contributed by atoms with E-state index in [1.54, 1.807) is 6.92 Å². The smallest absolute Gasteiger partial charge is 0.306 e. The van der Waals surface area contributed by atoms with Crippen LogP contribution in [0.2, 0.25) is 0 Å². The van der Waals surface area contributed by atoms with Gasteiger partial charge < -0.3 is 15.0 Å². The van der Waals surface area contributed by atoms with Crippen LogP contribution in [-0.4, -0.2) is 50.1 Å². The first-order valence-corrected chi connectivity index (χ1v) is 5.16. The average molecular weight is 214 g/mol. The molecule has 1 N–H and O–H groups in total. The van der Waals surface area contributed by atoms with Crippen molar-refractivity contribution in [1.29, 1.82) is 0 Å². The van der Waals surface area contributed by atoms with Crippen molar-refractivity contribution < 1.29 is 14.3 Å². The number of methoxy groups -OCH3 is 1. The fourth-order valence-electron chi connectivity index (χ4n) is 1.55. The average Bonchev–Trinajstić information content (AvgIpc) is 2.13. The van der Waals surface area contributed by atoms with Gasteiger partial charge in [0.15, 0.2) is 0 Å². The van der Waals surface area contributed by atoms with Gasteiger partial charge in [-0.3, -0.25) is 9.59 Å². The van der Waals surface area contributed by atoms with Crippen LogP contribution in [0.4, 0.5) is 0 Å². The van der Waals surface area contributed by atoms with Crippen LogP contribution in [0, 0.1) is 5.92 Å². The highest BCUT2D eigenvalue weighted by Crippen LogP contribution is 2.13. The molecule has 0 bridgehead atoms. The number of hydrogen-bond donors (Lipinski definition) is 1. The van der Waals surface area contributed by atoms with Crippen LogP contribution < -0.4 is 5.32 Å². The van der Waals surface area contributed by atoms with Crippen LogP contribution in [0.5, 0.6) is 0 Å². The van der Waals surface area contributed by atoms with E-state index in [9.17, 15) is 9.59 Å². The summed E-state index contributed by atoms with van der Waals surface area (Å²) in [6.45, 7) is 4.76. The number of likely N-dealkylation sites (tertiary alicyclic amines) is 1. The minimum Gasteiger partial charge on any atom is -0.469 e. The molecule has 5 heteroatoms. The predicted molar refractivity (Wildman–Crippen MR) is 55.2 cm³/mol. The largest absolute Gasteiger partial charge is 0.469 e. The molecule has 5 nitrogen and oxygen atoms in total.